The van der Waals surface area contributed by atoms with E-state index >= 15 is 0 Å². The van der Waals surface area contributed by atoms with Crippen molar-refractivity contribution in [1.82, 2.24) is 4.90 Å². The molecule has 7 atom stereocenters. The summed E-state index contributed by atoms with van der Waals surface area (Å²) in [5, 5.41) is 0. The maximum Gasteiger partial charge on any atom is 0.00983 e. The highest BCUT2D eigenvalue weighted by atomic mass is 15.2. The fourth-order valence-electron chi connectivity index (χ4n) is 8.67. The number of hydrogen-bond donors (Lipinski definition) is 0. The molecule has 0 aromatic heterocycles. The summed E-state index contributed by atoms with van der Waals surface area (Å²) >= 11 is 0. The van der Waals surface area contributed by atoms with Crippen LogP contribution < -0.4 is 0 Å². The quantitative estimate of drug-likeness (QED) is 0.580. The van der Waals surface area contributed by atoms with Crippen molar-refractivity contribution in [3.63, 3.8) is 0 Å². The molecular weight excluding hydrogens is 290 g/mol. The number of rotatable bonds is 1. The van der Waals surface area contributed by atoms with Gasteiger partial charge in [0, 0.05) is 6.04 Å². The molecule has 1 aliphatic heterocycles. The second-order valence-corrected chi connectivity index (χ2v) is 10.9. The fourth-order valence-corrected chi connectivity index (χ4v) is 8.67. The van der Waals surface area contributed by atoms with Crippen LogP contribution in [0.1, 0.15) is 90.9 Å². The van der Waals surface area contributed by atoms with E-state index in [1.807, 2.05) is 0 Å². The first kappa shape index (κ1) is 16.2. The van der Waals surface area contributed by atoms with Crippen LogP contribution in [0.2, 0.25) is 0 Å². The van der Waals surface area contributed by atoms with E-state index in [0.717, 1.165) is 35.1 Å². The van der Waals surface area contributed by atoms with Crippen LogP contribution in [-0.4, -0.2) is 24.0 Å². The number of likely N-dealkylation sites (tertiary alicyclic amines) is 1. The molecule has 5 fully saturated rings. The summed E-state index contributed by atoms with van der Waals surface area (Å²) in [6.45, 7) is 8.20. The van der Waals surface area contributed by atoms with Crippen LogP contribution >= 0.6 is 0 Å². The summed E-state index contributed by atoms with van der Waals surface area (Å²) in [6, 6.07) is 0.947. The minimum Gasteiger partial charge on any atom is -0.300 e. The molecule has 0 N–H and O–H groups in total. The van der Waals surface area contributed by atoms with E-state index < -0.39 is 0 Å². The zero-order valence-corrected chi connectivity index (χ0v) is 16.2. The van der Waals surface area contributed by atoms with Crippen LogP contribution in [0.4, 0.5) is 0 Å². The average molecular weight is 330 g/mol. The highest BCUT2D eigenvalue weighted by Crippen LogP contribution is 2.66. The Kier molecular flexibility index (Phi) is 3.86. The van der Waals surface area contributed by atoms with Gasteiger partial charge in [0.2, 0.25) is 0 Å². The van der Waals surface area contributed by atoms with Gasteiger partial charge in [0.15, 0.2) is 0 Å². The van der Waals surface area contributed by atoms with E-state index in [1.165, 1.54) is 45.2 Å². The predicted molar refractivity (Wildman–Crippen MR) is 101 cm³/mol. The summed E-state index contributed by atoms with van der Waals surface area (Å²) < 4.78 is 0. The third kappa shape index (κ3) is 2.29. The lowest BCUT2D eigenvalue weighted by atomic mass is 9.45. The van der Waals surface area contributed by atoms with Gasteiger partial charge >= 0.3 is 0 Å². The molecule has 4 saturated carbocycles. The smallest absolute Gasteiger partial charge is 0.00983 e. The Balaban J connectivity index is 1.35. The Labute approximate surface area is 149 Å². The van der Waals surface area contributed by atoms with Crippen molar-refractivity contribution in [3.8, 4) is 0 Å². The van der Waals surface area contributed by atoms with E-state index in [-0.39, 0.29) is 0 Å². The summed E-state index contributed by atoms with van der Waals surface area (Å²) in [5.41, 5.74) is 1.43. The zero-order valence-electron chi connectivity index (χ0n) is 16.2. The average Bonchev–Trinajstić information content (AvgIpc) is 3.23. The second kappa shape index (κ2) is 5.73. The van der Waals surface area contributed by atoms with Gasteiger partial charge in [0.25, 0.3) is 0 Å². The molecule has 2 unspecified atom stereocenters. The van der Waals surface area contributed by atoms with Gasteiger partial charge in [0.1, 0.15) is 0 Å². The Bertz CT molecular complexity index is 480. The molecule has 136 valence electrons. The first-order chi connectivity index (χ1) is 11.6. The minimum absolute atomic E-state index is 0.697. The molecule has 0 spiro atoms. The van der Waals surface area contributed by atoms with Gasteiger partial charge in [-0.05, 0) is 118 Å². The molecule has 1 heteroatoms. The molecule has 5 rings (SSSR count). The molecular formula is C23H39N. The maximum absolute atomic E-state index is 2.86. The van der Waals surface area contributed by atoms with Gasteiger partial charge < -0.3 is 4.90 Å². The van der Waals surface area contributed by atoms with Gasteiger partial charge in [-0.3, -0.25) is 0 Å². The van der Waals surface area contributed by atoms with Crippen molar-refractivity contribution in [2.75, 3.05) is 13.1 Å². The maximum atomic E-state index is 2.86. The summed E-state index contributed by atoms with van der Waals surface area (Å²) in [7, 11) is 0. The van der Waals surface area contributed by atoms with Crippen LogP contribution in [0.3, 0.4) is 0 Å². The van der Waals surface area contributed by atoms with Gasteiger partial charge in [-0.2, -0.15) is 0 Å². The lowest BCUT2D eigenvalue weighted by molar-refractivity contribution is -0.113. The van der Waals surface area contributed by atoms with Crippen molar-refractivity contribution in [1.29, 1.82) is 0 Å². The van der Waals surface area contributed by atoms with Crippen molar-refractivity contribution in [2.45, 2.75) is 96.9 Å². The third-order valence-electron chi connectivity index (χ3n) is 10.1. The van der Waals surface area contributed by atoms with Crippen molar-refractivity contribution in [3.05, 3.63) is 0 Å². The van der Waals surface area contributed by atoms with E-state index in [2.05, 4.69) is 18.7 Å². The fraction of sp³-hybridized carbons (Fsp3) is 1.00. The van der Waals surface area contributed by atoms with Gasteiger partial charge in [-0.25, -0.2) is 0 Å². The molecule has 5 aliphatic rings. The monoisotopic (exact) mass is 329 g/mol. The van der Waals surface area contributed by atoms with E-state index in [1.54, 1.807) is 44.9 Å². The summed E-state index contributed by atoms with van der Waals surface area (Å²) in [6.07, 6.45) is 18.4. The first-order valence-electron chi connectivity index (χ1n) is 11.3. The number of fused-ring (bicyclic) bond motifs is 5. The van der Waals surface area contributed by atoms with Crippen LogP contribution in [-0.2, 0) is 0 Å². The van der Waals surface area contributed by atoms with Crippen molar-refractivity contribution in [2.24, 2.45) is 34.5 Å². The van der Waals surface area contributed by atoms with E-state index in [0.29, 0.717) is 5.41 Å². The molecule has 1 nitrogen and oxygen atoms in total. The Morgan fingerprint density at radius 1 is 0.750 bits per heavy atom. The molecule has 0 aromatic rings. The predicted octanol–water partition coefficient (Wildman–Crippen LogP) is 5.88. The Morgan fingerprint density at radius 3 is 2.42 bits per heavy atom. The number of hydrogen-bond acceptors (Lipinski definition) is 1. The highest BCUT2D eigenvalue weighted by molar-refractivity contribution is 5.08. The highest BCUT2D eigenvalue weighted by Gasteiger charge is 2.58. The minimum atomic E-state index is 0.697. The number of nitrogens with zero attached hydrogens (tertiary/aromatic N) is 1. The van der Waals surface area contributed by atoms with E-state index in [4.69, 9.17) is 0 Å². The molecule has 4 aliphatic carbocycles. The van der Waals surface area contributed by atoms with Gasteiger partial charge in [0.05, 0.1) is 0 Å². The first-order valence-corrected chi connectivity index (χ1v) is 11.3. The molecule has 0 bridgehead atoms. The molecule has 0 aromatic carbocycles. The van der Waals surface area contributed by atoms with Crippen molar-refractivity contribution < 1.29 is 0 Å². The van der Waals surface area contributed by atoms with Crippen molar-refractivity contribution >= 4 is 0 Å². The third-order valence-corrected chi connectivity index (χ3v) is 10.1. The molecule has 0 radical (unpaired) electrons. The molecule has 1 saturated heterocycles. The molecule has 24 heavy (non-hydrogen) atoms. The molecule has 1 heterocycles. The van der Waals surface area contributed by atoms with Crippen LogP contribution in [0.25, 0.3) is 0 Å². The molecule has 0 amide bonds. The van der Waals surface area contributed by atoms with Crippen LogP contribution in [0, 0.1) is 34.5 Å². The summed E-state index contributed by atoms with van der Waals surface area (Å²) in [4.78, 5) is 2.86. The normalized spacial score (nSPS) is 55.0. The summed E-state index contributed by atoms with van der Waals surface area (Å²) in [5.74, 6) is 4.30. The van der Waals surface area contributed by atoms with Crippen LogP contribution in [0.5, 0.6) is 0 Å². The van der Waals surface area contributed by atoms with Gasteiger partial charge in [-0.1, -0.05) is 20.3 Å². The van der Waals surface area contributed by atoms with E-state index in [9.17, 15) is 0 Å². The standard InChI is InChI=1S/C23H39N/c1-22-11-5-6-20(22)19-8-7-17-16-18(24-14-3-4-15-24)9-13-23(17,2)21(19)10-12-22/h17-21H,3-16H2,1-2H3/t17?,18?,19-,20-,21-,22-,23-/m0/s1. The zero-order chi connectivity index (χ0) is 16.4. The Morgan fingerprint density at radius 2 is 1.58 bits per heavy atom. The lowest BCUT2D eigenvalue weighted by Gasteiger charge is -2.61. The largest absolute Gasteiger partial charge is 0.300 e. The van der Waals surface area contributed by atoms with Crippen LogP contribution in [0.15, 0.2) is 0 Å². The Hall–Kier alpha value is -0.0400. The SMILES string of the molecule is C[C@@]12CCC[C@H]1[C@@H]1CCC3CC(N4CCCC4)CC[C@]3(C)[C@H]1CC2. The lowest BCUT2D eigenvalue weighted by Crippen LogP contribution is -2.54. The second-order valence-electron chi connectivity index (χ2n) is 10.9. The van der Waals surface area contributed by atoms with Gasteiger partial charge in [-0.15, -0.1) is 0 Å². The topological polar surface area (TPSA) is 3.24 Å².